The number of nitrogens with zero attached hydrogens (tertiary/aromatic N) is 1. The van der Waals surface area contributed by atoms with Gasteiger partial charge in [0, 0.05) is 23.5 Å². The first-order valence-electron chi connectivity index (χ1n) is 8.42. The van der Waals surface area contributed by atoms with Crippen LogP contribution in [0.2, 0.25) is 5.02 Å². The maximum Gasteiger partial charge on any atom is 0.287 e. The molecule has 0 bridgehead atoms. The number of benzene rings is 2. The summed E-state index contributed by atoms with van der Waals surface area (Å²) in [4.78, 5) is 20.1. The lowest BCUT2D eigenvalue weighted by molar-refractivity contribution is 0.0915. The second kappa shape index (κ2) is 6.86. The number of carbonyl (C=O) groups is 1. The van der Waals surface area contributed by atoms with Gasteiger partial charge in [-0.05, 0) is 42.8 Å². The van der Waals surface area contributed by atoms with Crippen molar-refractivity contribution in [2.24, 2.45) is 0 Å². The molecule has 0 saturated carbocycles. The van der Waals surface area contributed by atoms with Crippen LogP contribution in [0.15, 0.2) is 48.5 Å². The van der Waals surface area contributed by atoms with Crippen LogP contribution in [0.5, 0.6) is 0 Å². The Hall–Kier alpha value is -2.37. The van der Waals surface area contributed by atoms with E-state index in [2.05, 4.69) is 26.7 Å². The third kappa shape index (κ3) is 3.38. The highest BCUT2D eigenvalue weighted by Crippen LogP contribution is 2.27. The van der Waals surface area contributed by atoms with E-state index in [-0.39, 0.29) is 17.9 Å². The Morgan fingerprint density at radius 1 is 1.20 bits per heavy atom. The number of aromatic nitrogens is 2. The number of nitrogens with one attached hydrogen (secondary N) is 3. The maximum atomic E-state index is 12.7. The van der Waals surface area contributed by atoms with E-state index in [9.17, 15) is 4.79 Å². The Labute approximate surface area is 150 Å². The zero-order chi connectivity index (χ0) is 17.2. The van der Waals surface area contributed by atoms with E-state index in [0.29, 0.717) is 5.82 Å². The van der Waals surface area contributed by atoms with Gasteiger partial charge in [-0.3, -0.25) is 4.79 Å². The quantitative estimate of drug-likeness (QED) is 0.677. The van der Waals surface area contributed by atoms with Crippen LogP contribution >= 0.6 is 11.6 Å². The number of hydrogen-bond acceptors (Lipinski definition) is 3. The standard InChI is InChI=1S/C19H19ClN4O/c20-13-5-3-4-12(10-13)14-8-9-21-11-17(14)24-19(25)18-22-15-6-1-2-7-16(15)23-18/h1-7,10,14,17,21H,8-9,11H2,(H,22,23)(H,24,25)/t14-,17+/m0/s1. The number of halogens is 1. The molecule has 3 aromatic rings. The highest BCUT2D eigenvalue weighted by molar-refractivity contribution is 6.30. The van der Waals surface area contributed by atoms with Crippen molar-refractivity contribution in [1.82, 2.24) is 20.6 Å². The van der Waals surface area contributed by atoms with E-state index in [1.54, 1.807) is 0 Å². The molecule has 1 saturated heterocycles. The third-order valence-electron chi connectivity index (χ3n) is 4.68. The second-order valence-corrected chi connectivity index (χ2v) is 6.77. The van der Waals surface area contributed by atoms with Crippen molar-refractivity contribution in [2.75, 3.05) is 13.1 Å². The molecule has 6 heteroatoms. The minimum Gasteiger partial charge on any atom is -0.345 e. The SMILES string of the molecule is O=C(N[C@@H]1CNCC[C@H]1c1cccc(Cl)c1)c1nc2ccccc2[nH]1. The second-order valence-electron chi connectivity index (χ2n) is 6.34. The Kier molecular flexibility index (Phi) is 4.42. The van der Waals surface area contributed by atoms with Gasteiger partial charge in [0.05, 0.1) is 11.0 Å². The number of rotatable bonds is 3. The molecule has 0 unspecified atom stereocenters. The van der Waals surface area contributed by atoms with Crippen LogP contribution in [0.25, 0.3) is 11.0 Å². The van der Waals surface area contributed by atoms with Gasteiger partial charge in [0.15, 0.2) is 5.82 Å². The van der Waals surface area contributed by atoms with Crippen molar-refractivity contribution in [2.45, 2.75) is 18.4 Å². The zero-order valence-corrected chi connectivity index (χ0v) is 14.4. The summed E-state index contributed by atoms with van der Waals surface area (Å²) in [6.45, 7) is 1.65. The zero-order valence-electron chi connectivity index (χ0n) is 13.6. The minimum absolute atomic E-state index is 0.00655. The minimum atomic E-state index is -0.183. The first-order chi connectivity index (χ1) is 12.2. The first kappa shape index (κ1) is 16.1. The molecule has 1 aromatic heterocycles. The smallest absolute Gasteiger partial charge is 0.287 e. The summed E-state index contributed by atoms with van der Waals surface area (Å²) in [6, 6.07) is 15.5. The molecule has 128 valence electrons. The molecule has 1 aliphatic heterocycles. The van der Waals surface area contributed by atoms with Crippen LogP contribution in [-0.4, -0.2) is 35.0 Å². The van der Waals surface area contributed by atoms with Crippen molar-refractivity contribution in [3.05, 3.63) is 64.9 Å². The molecule has 2 aromatic carbocycles. The highest BCUT2D eigenvalue weighted by Gasteiger charge is 2.28. The predicted octanol–water partition coefficient (Wildman–Crippen LogP) is 3.09. The molecular formula is C19H19ClN4O. The lowest BCUT2D eigenvalue weighted by atomic mass is 9.86. The molecule has 25 heavy (non-hydrogen) atoms. The molecule has 1 aliphatic rings. The van der Waals surface area contributed by atoms with E-state index in [1.165, 1.54) is 0 Å². The van der Waals surface area contributed by atoms with Crippen LogP contribution in [-0.2, 0) is 0 Å². The topological polar surface area (TPSA) is 69.8 Å². The average Bonchev–Trinajstić information content (AvgIpc) is 3.06. The van der Waals surface area contributed by atoms with Crippen LogP contribution in [0, 0.1) is 0 Å². The van der Waals surface area contributed by atoms with Crippen molar-refractivity contribution < 1.29 is 4.79 Å². The number of aromatic amines is 1. The molecule has 1 amide bonds. The molecule has 2 atom stereocenters. The Morgan fingerprint density at radius 2 is 2.08 bits per heavy atom. The number of carbonyl (C=O) groups excluding carboxylic acids is 1. The van der Waals surface area contributed by atoms with E-state index in [4.69, 9.17) is 11.6 Å². The summed E-state index contributed by atoms with van der Waals surface area (Å²) in [7, 11) is 0. The number of fused-ring (bicyclic) bond motifs is 1. The fourth-order valence-electron chi connectivity index (χ4n) is 3.44. The summed E-state index contributed by atoms with van der Waals surface area (Å²) >= 11 is 6.14. The fraction of sp³-hybridized carbons (Fsp3) is 0.263. The van der Waals surface area contributed by atoms with E-state index >= 15 is 0 Å². The fourth-order valence-corrected chi connectivity index (χ4v) is 3.64. The monoisotopic (exact) mass is 354 g/mol. The maximum absolute atomic E-state index is 12.7. The van der Waals surface area contributed by atoms with Gasteiger partial charge in [-0.1, -0.05) is 35.9 Å². The van der Waals surface area contributed by atoms with Gasteiger partial charge in [-0.2, -0.15) is 0 Å². The first-order valence-corrected chi connectivity index (χ1v) is 8.80. The summed E-state index contributed by atoms with van der Waals surface area (Å²) in [5.74, 6) is 0.391. The Morgan fingerprint density at radius 3 is 2.92 bits per heavy atom. The van der Waals surface area contributed by atoms with Crippen LogP contribution in [0.1, 0.15) is 28.5 Å². The number of H-pyrrole nitrogens is 1. The van der Waals surface area contributed by atoms with Gasteiger partial charge in [-0.15, -0.1) is 0 Å². The molecule has 4 rings (SSSR count). The van der Waals surface area contributed by atoms with Crippen molar-refractivity contribution in [3.8, 4) is 0 Å². The number of hydrogen-bond donors (Lipinski definition) is 3. The molecule has 5 nitrogen and oxygen atoms in total. The number of piperidine rings is 1. The number of imidazole rings is 1. The summed E-state index contributed by atoms with van der Waals surface area (Å²) in [5, 5.41) is 7.20. The van der Waals surface area contributed by atoms with Crippen molar-refractivity contribution in [3.63, 3.8) is 0 Å². The molecule has 2 heterocycles. The lowest BCUT2D eigenvalue weighted by Gasteiger charge is -2.33. The molecule has 0 spiro atoms. The van der Waals surface area contributed by atoms with Gasteiger partial charge in [0.2, 0.25) is 0 Å². The van der Waals surface area contributed by atoms with Crippen LogP contribution in [0.4, 0.5) is 0 Å². The molecule has 3 N–H and O–H groups in total. The van der Waals surface area contributed by atoms with Crippen molar-refractivity contribution in [1.29, 1.82) is 0 Å². The van der Waals surface area contributed by atoms with Crippen molar-refractivity contribution >= 4 is 28.5 Å². The summed E-state index contributed by atoms with van der Waals surface area (Å²) < 4.78 is 0. The lowest BCUT2D eigenvalue weighted by Crippen LogP contribution is -2.50. The van der Waals surface area contributed by atoms with Gasteiger partial charge in [0.1, 0.15) is 0 Å². The van der Waals surface area contributed by atoms with E-state index in [0.717, 1.165) is 41.1 Å². The van der Waals surface area contributed by atoms with E-state index < -0.39 is 0 Å². The Balaban J connectivity index is 1.55. The normalized spacial score (nSPS) is 20.5. The molecular weight excluding hydrogens is 336 g/mol. The number of amides is 1. The van der Waals surface area contributed by atoms with E-state index in [1.807, 2.05) is 42.5 Å². The van der Waals surface area contributed by atoms with Gasteiger partial charge < -0.3 is 15.6 Å². The third-order valence-corrected chi connectivity index (χ3v) is 4.91. The van der Waals surface area contributed by atoms with Gasteiger partial charge in [-0.25, -0.2) is 4.98 Å². The predicted molar refractivity (Wildman–Crippen MR) is 99.0 cm³/mol. The molecule has 0 aliphatic carbocycles. The summed E-state index contributed by atoms with van der Waals surface area (Å²) in [5.41, 5.74) is 2.81. The van der Waals surface area contributed by atoms with Gasteiger partial charge in [0.25, 0.3) is 5.91 Å². The highest BCUT2D eigenvalue weighted by atomic mass is 35.5. The van der Waals surface area contributed by atoms with Gasteiger partial charge >= 0.3 is 0 Å². The van der Waals surface area contributed by atoms with Crippen LogP contribution in [0.3, 0.4) is 0 Å². The largest absolute Gasteiger partial charge is 0.345 e. The average molecular weight is 355 g/mol. The molecule has 1 fully saturated rings. The molecule has 0 radical (unpaired) electrons. The number of para-hydroxylation sites is 2. The summed E-state index contributed by atoms with van der Waals surface area (Å²) in [6.07, 6.45) is 0.950. The van der Waals surface area contributed by atoms with Crippen LogP contribution < -0.4 is 10.6 Å². The Bertz CT molecular complexity index is 874.